The first-order chi connectivity index (χ1) is 4.38. The zero-order valence-electron chi connectivity index (χ0n) is 5.05. The first-order valence-corrected chi connectivity index (χ1v) is 2.14. The zero-order chi connectivity index (χ0) is 6.69. The van der Waals surface area contributed by atoms with E-state index in [0.717, 1.165) is 0 Å². The Kier molecular flexibility index (Phi) is 1.79. The van der Waals surface area contributed by atoms with Gasteiger partial charge in [0, 0.05) is 24.2 Å². The van der Waals surface area contributed by atoms with Gasteiger partial charge in [-0.25, -0.2) is 10.5 Å². The Hall–Kier alpha value is -2.81. The van der Waals surface area contributed by atoms with Crippen molar-refractivity contribution in [2.75, 3.05) is 0 Å². The van der Waals surface area contributed by atoms with Crippen LogP contribution in [0.15, 0.2) is 0 Å². The first kappa shape index (κ1) is 7.19. The molecule has 0 aliphatic carbocycles. The monoisotopic (exact) mass is 384 g/mol. The number of nitrogens with zero attached hydrogens (tertiary/aromatic N) is 3. The van der Waals surface area contributed by atoms with Crippen molar-refractivity contribution in [3.63, 3.8) is 0 Å². The number of imidazole rings is 1. The number of aromatic amines is 1. The minimum atomic E-state index is 0. The topological polar surface area (TPSA) is 76.3 Å². The molecule has 0 unspecified atom stereocenters. The smallest absolute Gasteiger partial charge is 0.0406 e. The number of nitrogens with one attached hydrogen (secondary N) is 1. The third kappa shape index (κ3) is 0.728. The largest absolute Gasteiger partial charge is 0.452 e. The molecule has 1 aromatic heterocycles. The number of nitriles is 2. The molecule has 0 radical (unpaired) electrons. The van der Waals surface area contributed by atoms with Gasteiger partial charge in [0.15, 0.2) is 0 Å². The normalized spacial score (nSPS) is 7.00. The van der Waals surface area contributed by atoms with Gasteiger partial charge in [0.25, 0.3) is 0 Å². The molecular formula is C5HN4Rf-. The maximum absolute atomic E-state index is 8.25. The summed E-state index contributed by atoms with van der Waals surface area (Å²) in [4.78, 5) is 5.83. The molecule has 44 valence electrons. The average Bonchev–Trinajstić information content (AvgIpc) is 2.33. The van der Waals surface area contributed by atoms with Crippen molar-refractivity contribution in [3.05, 3.63) is 17.7 Å². The van der Waals surface area contributed by atoms with Crippen LogP contribution in [0.3, 0.4) is 0 Å². The molecule has 0 atom stereocenters. The summed E-state index contributed by atoms with van der Waals surface area (Å²) in [6, 6.07) is 3.49. The van der Waals surface area contributed by atoms with Crippen LogP contribution >= 0.6 is 0 Å². The van der Waals surface area contributed by atoms with Gasteiger partial charge in [0.05, 0.1) is 0 Å². The molecule has 1 rings (SSSR count). The van der Waals surface area contributed by atoms with Crippen LogP contribution in [-0.4, -0.2) is 9.97 Å². The van der Waals surface area contributed by atoms with Crippen molar-refractivity contribution in [1.29, 1.82) is 10.5 Å². The Labute approximate surface area is 51.4 Å². The van der Waals surface area contributed by atoms with Crippen molar-refractivity contribution in [2.24, 2.45) is 0 Å². The second kappa shape index (κ2) is 2.49. The first-order valence-electron chi connectivity index (χ1n) is 2.14. The molecule has 0 spiro atoms. The molecule has 0 saturated heterocycles. The van der Waals surface area contributed by atoms with E-state index in [0.29, 0.717) is 0 Å². The van der Waals surface area contributed by atoms with Gasteiger partial charge in [-0.15, -0.1) is 0 Å². The average molecular weight is 384 g/mol. The Morgan fingerprint density at radius 2 is 2.10 bits per heavy atom. The van der Waals surface area contributed by atoms with Crippen LogP contribution < -0.4 is 0 Å². The maximum atomic E-state index is 8.25. The van der Waals surface area contributed by atoms with E-state index < -0.39 is 0 Å². The molecule has 0 fully saturated rings. The van der Waals surface area contributed by atoms with Crippen molar-refractivity contribution in [2.45, 2.75) is 0 Å². The molecule has 0 aromatic carbocycles. The van der Waals surface area contributed by atoms with Crippen molar-refractivity contribution in [1.82, 2.24) is 9.97 Å². The van der Waals surface area contributed by atoms with E-state index in [1.54, 1.807) is 12.1 Å². The third-order valence-electron chi connectivity index (χ3n) is 0.803. The van der Waals surface area contributed by atoms with Crippen LogP contribution in [0.5, 0.6) is 0 Å². The summed E-state index contributed by atoms with van der Waals surface area (Å²) < 4.78 is 0. The molecule has 1 aromatic rings. The number of hydrogen-bond donors (Lipinski definition) is 1. The summed E-state index contributed by atoms with van der Waals surface area (Å²) >= 11 is 0. The van der Waals surface area contributed by atoms with Gasteiger partial charge in [-0.1, -0.05) is 0 Å². The predicted octanol–water partition coefficient (Wildman–Crippen LogP) is -0.0468. The summed E-state index contributed by atoms with van der Waals surface area (Å²) in [7, 11) is 0. The number of hydrogen-bond acceptors (Lipinski definition) is 3. The molecule has 0 aliphatic heterocycles. The molecule has 1 heterocycles. The minimum absolute atomic E-state index is 0. The van der Waals surface area contributed by atoms with E-state index in [2.05, 4.69) is 16.3 Å². The number of rotatable bonds is 0. The summed E-state index contributed by atoms with van der Waals surface area (Å²) in [5.74, 6) is 0. The fraction of sp³-hybridized carbons (Fsp3) is 0. The van der Waals surface area contributed by atoms with E-state index in [9.17, 15) is 0 Å². The SMILES string of the molecule is N#Cc1n[c-][nH]c1C#N.[Rf]. The molecule has 5 heteroatoms. The van der Waals surface area contributed by atoms with Crippen LogP contribution in [0.25, 0.3) is 0 Å². The molecule has 0 saturated carbocycles. The Balaban J connectivity index is 0.000000810. The summed E-state index contributed by atoms with van der Waals surface area (Å²) in [5.41, 5.74) is 0.259. The van der Waals surface area contributed by atoms with Crippen molar-refractivity contribution < 1.29 is 0 Å². The number of H-pyrrole nitrogens is 1. The summed E-state index contributed by atoms with van der Waals surface area (Å²) in [6.45, 7) is 0. The Morgan fingerprint density at radius 1 is 1.40 bits per heavy atom. The molecule has 1 N–H and O–H groups in total. The van der Waals surface area contributed by atoms with Gasteiger partial charge >= 0.3 is 0 Å². The van der Waals surface area contributed by atoms with Crippen LogP contribution in [0.1, 0.15) is 11.4 Å². The maximum Gasteiger partial charge on any atom is 0.0406 e. The molecule has 0 amide bonds. The zero-order valence-corrected chi connectivity index (χ0v) is 11.4. The predicted molar refractivity (Wildman–Crippen MR) is 26.9 cm³/mol. The second-order valence-corrected chi connectivity index (χ2v) is 1.30. The van der Waals surface area contributed by atoms with E-state index in [4.69, 9.17) is 10.5 Å². The number of aromatic nitrogens is 2. The van der Waals surface area contributed by atoms with Gasteiger partial charge in [-0.05, 0) is 5.69 Å². The van der Waals surface area contributed by atoms with Crippen LogP contribution in [-0.2, 0) is 0 Å². The molecule has 0 aliphatic rings. The second-order valence-electron chi connectivity index (χ2n) is 1.30. The van der Waals surface area contributed by atoms with Crippen molar-refractivity contribution >= 4 is 0 Å². The van der Waals surface area contributed by atoms with Gasteiger partial charge in [-0.2, -0.15) is 0 Å². The summed E-state index contributed by atoms with van der Waals surface area (Å²) in [6.07, 6.45) is 2.28. The van der Waals surface area contributed by atoms with E-state index in [-0.39, 0.29) is 11.4 Å². The molecule has 0 bridgehead atoms. The van der Waals surface area contributed by atoms with Gasteiger partial charge in [-0.3, -0.25) is 0 Å². The van der Waals surface area contributed by atoms with E-state index >= 15 is 0 Å². The fourth-order valence-corrected chi connectivity index (χ4v) is 0.417. The van der Waals surface area contributed by atoms with Gasteiger partial charge < -0.3 is 9.97 Å². The minimum Gasteiger partial charge on any atom is -0.452 e. The van der Waals surface area contributed by atoms with E-state index in [1.165, 1.54) is 0 Å². The molecular weight excluding hydrogens is 383 g/mol. The van der Waals surface area contributed by atoms with Crippen LogP contribution in [0.4, 0.5) is 0 Å². The van der Waals surface area contributed by atoms with E-state index in [1.807, 2.05) is 0 Å². The standard InChI is InChI=1S/C5HN4.Rf/c6-1-4-5(2-7)9-3-8-4;/h(H,8,9);/q-1;. The fourth-order valence-electron chi connectivity index (χ4n) is 0.417. The van der Waals surface area contributed by atoms with Crippen LogP contribution in [0.2, 0.25) is 0 Å². The quantitative estimate of drug-likeness (QED) is 0.638. The summed E-state index contributed by atoms with van der Waals surface area (Å²) in [5, 5.41) is 16.5. The third-order valence-corrected chi connectivity index (χ3v) is 0.803. The molecule has 10 heavy (non-hydrogen) atoms. The van der Waals surface area contributed by atoms with Gasteiger partial charge in [0.1, 0.15) is 0 Å². The Morgan fingerprint density at radius 3 is 2.50 bits per heavy atom. The van der Waals surface area contributed by atoms with Crippen molar-refractivity contribution in [3.8, 4) is 12.1 Å². The Bertz CT molecular complexity index is 261. The molecule has 4 nitrogen and oxygen atoms in total. The van der Waals surface area contributed by atoms with Gasteiger partial charge in [0.2, 0.25) is 0 Å². The van der Waals surface area contributed by atoms with Crippen LogP contribution in [0, 0.1) is 29.0 Å².